The molecule has 0 bridgehead atoms. The number of H-pyrrole nitrogens is 2. The van der Waals surface area contributed by atoms with Crippen molar-refractivity contribution in [3.63, 3.8) is 0 Å². The Kier molecular flexibility index (Phi) is 5.19. The van der Waals surface area contributed by atoms with E-state index in [1.54, 1.807) is 12.1 Å². The number of aromatic amines is 2. The molecule has 2 rings (SSSR count). The minimum Gasteiger partial charge on any atom is -0.490 e. The van der Waals surface area contributed by atoms with Gasteiger partial charge in [0, 0.05) is 11.6 Å². The van der Waals surface area contributed by atoms with Gasteiger partial charge in [0.2, 0.25) is 0 Å². The molecule has 0 radical (unpaired) electrons. The summed E-state index contributed by atoms with van der Waals surface area (Å²) in [5, 5.41) is 2.45. The van der Waals surface area contributed by atoms with Crippen molar-refractivity contribution in [2.75, 3.05) is 18.5 Å². The van der Waals surface area contributed by atoms with E-state index in [4.69, 9.17) is 9.47 Å². The van der Waals surface area contributed by atoms with Gasteiger partial charge in [-0.15, -0.1) is 0 Å². The van der Waals surface area contributed by atoms with Gasteiger partial charge >= 0.3 is 5.69 Å². The van der Waals surface area contributed by atoms with E-state index in [0.29, 0.717) is 30.3 Å². The zero-order chi connectivity index (χ0) is 16.8. The van der Waals surface area contributed by atoms with Gasteiger partial charge in [0.15, 0.2) is 11.5 Å². The van der Waals surface area contributed by atoms with Gasteiger partial charge in [-0.1, -0.05) is 0 Å². The van der Waals surface area contributed by atoms with Crippen molar-refractivity contribution in [2.24, 2.45) is 0 Å². The van der Waals surface area contributed by atoms with Crippen LogP contribution >= 0.6 is 0 Å². The molecule has 1 aromatic heterocycles. The number of hydrogen-bond donors (Lipinski definition) is 3. The fourth-order valence-electron chi connectivity index (χ4n) is 1.92. The first-order chi connectivity index (χ1) is 11.0. The summed E-state index contributed by atoms with van der Waals surface area (Å²) in [6, 6.07) is 5.81. The van der Waals surface area contributed by atoms with Gasteiger partial charge in [-0.3, -0.25) is 19.6 Å². The highest BCUT2D eigenvalue weighted by molar-refractivity contribution is 6.04. The zero-order valence-electron chi connectivity index (χ0n) is 12.8. The summed E-state index contributed by atoms with van der Waals surface area (Å²) < 4.78 is 10.9. The van der Waals surface area contributed by atoms with Crippen LogP contribution in [0, 0.1) is 0 Å². The van der Waals surface area contributed by atoms with Crippen molar-refractivity contribution in [1.82, 2.24) is 9.97 Å². The number of benzene rings is 1. The molecule has 0 saturated heterocycles. The lowest BCUT2D eigenvalue weighted by Gasteiger charge is -2.12. The smallest absolute Gasteiger partial charge is 0.327 e. The minimum absolute atomic E-state index is 0.00981. The number of anilines is 1. The molecule has 1 amide bonds. The number of amides is 1. The molecular weight excluding hydrogens is 302 g/mol. The van der Waals surface area contributed by atoms with Crippen LogP contribution in [0.15, 0.2) is 33.9 Å². The second kappa shape index (κ2) is 7.30. The first-order valence-corrected chi connectivity index (χ1v) is 7.08. The standard InChI is InChI=1S/C15H17N3O5/c1-3-22-10-6-5-9(7-11(10)23-4-2)14(20)16-12-8-13(19)18-15(21)17-12/h5-8H,3-4H2,1-2H3,(H3,16,17,18,19,20,21). The van der Waals surface area contributed by atoms with E-state index in [-0.39, 0.29) is 5.82 Å². The number of carbonyl (C=O) groups is 1. The van der Waals surface area contributed by atoms with E-state index in [2.05, 4.69) is 10.3 Å². The molecule has 0 fully saturated rings. The van der Waals surface area contributed by atoms with E-state index in [9.17, 15) is 14.4 Å². The molecule has 0 aliphatic rings. The van der Waals surface area contributed by atoms with Gasteiger partial charge in [0.1, 0.15) is 5.82 Å². The van der Waals surface area contributed by atoms with Crippen LogP contribution in [0.1, 0.15) is 24.2 Å². The van der Waals surface area contributed by atoms with Crippen LogP contribution in [-0.2, 0) is 0 Å². The number of hydrogen-bond acceptors (Lipinski definition) is 5. The maximum absolute atomic E-state index is 12.2. The molecule has 122 valence electrons. The molecule has 0 spiro atoms. The van der Waals surface area contributed by atoms with E-state index >= 15 is 0 Å². The topological polar surface area (TPSA) is 113 Å². The van der Waals surface area contributed by atoms with E-state index < -0.39 is 17.2 Å². The lowest BCUT2D eigenvalue weighted by atomic mass is 10.2. The molecule has 2 aromatic rings. The average Bonchev–Trinajstić information content (AvgIpc) is 2.48. The molecule has 0 saturated carbocycles. The van der Waals surface area contributed by atoms with Crippen LogP contribution in [0.2, 0.25) is 0 Å². The lowest BCUT2D eigenvalue weighted by molar-refractivity contribution is 0.102. The maximum Gasteiger partial charge on any atom is 0.327 e. The predicted molar refractivity (Wildman–Crippen MR) is 84.4 cm³/mol. The molecule has 3 N–H and O–H groups in total. The van der Waals surface area contributed by atoms with Crippen molar-refractivity contribution in [1.29, 1.82) is 0 Å². The van der Waals surface area contributed by atoms with Crippen LogP contribution in [0.3, 0.4) is 0 Å². The van der Waals surface area contributed by atoms with E-state index in [1.165, 1.54) is 6.07 Å². The Bertz CT molecular complexity index is 781. The maximum atomic E-state index is 12.2. The van der Waals surface area contributed by atoms with Gasteiger partial charge in [0.25, 0.3) is 11.5 Å². The largest absolute Gasteiger partial charge is 0.490 e. The third-order valence-corrected chi connectivity index (χ3v) is 2.81. The molecule has 0 aliphatic heterocycles. The number of rotatable bonds is 6. The predicted octanol–water partition coefficient (Wildman–Crippen LogP) is 1.11. The van der Waals surface area contributed by atoms with Gasteiger partial charge in [-0.05, 0) is 32.0 Å². The first kappa shape index (κ1) is 16.3. The molecule has 0 atom stereocenters. The summed E-state index contributed by atoms with van der Waals surface area (Å²) in [4.78, 5) is 39.0. The molecular formula is C15H17N3O5. The van der Waals surface area contributed by atoms with Gasteiger partial charge in [-0.25, -0.2) is 4.79 Å². The van der Waals surface area contributed by atoms with Gasteiger partial charge in [-0.2, -0.15) is 0 Å². The fraction of sp³-hybridized carbons (Fsp3) is 0.267. The number of nitrogens with one attached hydrogen (secondary N) is 3. The second-order valence-electron chi connectivity index (χ2n) is 4.48. The number of carbonyl (C=O) groups excluding carboxylic acids is 1. The summed E-state index contributed by atoms with van der Waals surface area (Å²) in [6.07, 6.45) is 0. The first-order valence-electron chi connectivity index (χ1n) is 7.08. The molecule has 1 aromatic carbocycles. The Morgan fingerprint density at radius 3 is 2.39 bits per heavy atom. The molecule has 8 nitrogen and oxygen atoms in total. The Balaban J connectivity index is 2.26. The van der Waals surface area contributed by atoms with Crippen LogP contribution in [0.4, 0.5) is 5.82 Å². The Morgan fingerprint density at radius 1 is 1.04 bits per heavy atom. The van der Waals surface area contributed by atoms with Crippen LogP contribution < -0.4 is 26.0 Å². The van der Waals surface area contributed by atoms with Gasteiger partial charge in [0.05, 0.1) is 13.2 Å². The third-order valence-electron chi connectivity index (χ3n) is 2.81. The van der Waals surface area contributed by atoms with Crippen molar-refractivity contribution >= 4 is 11.7 Å². The summed E-state index contributed by atoms with van der Waals surface area (Å²) in [7, 11) is 0. The highest BCUT2D eigenvalue weighted by Crippen LogP contribution is 2.28. The summed E-state index contributed by atoms with van der Waals surface area (Å²) in [5.41, 5.74) is -1.00. The summed E-state index contributed by atoms with van der Waals surface area (Å²) >= 11 is 0. The lowest BCUT2D eigenvalue weighted by Crippen LogP contribution is -2.24. The monoisotopic (exact) mass is 319 g/mol. The van der Waals surface area contributed by atoms with E-state index in [0.717, 1.165) is 6.07 Å². The minimum atomic E-state index is -0.700. The normalized spacial score (nSPS) is 10.2. The Morgan fingerprint density at radius 2 is 1.74 bits per heavy atom. The highest BCUT2D eigenvalue weighted by atomic mass is 16.5. The van der Waals surface area contributed by atoms with Crippen molar-refractivity contribution in [3.8, 4) is 11.5 Å². The Labute approximate surface area is 131 Å². The molecule has 0 unspecified atom stereocenters. The molecule has 8 heteroatoms. The fourth-order valence-corrected chi connectivity index (χ4v) is 1.92. The summed E-state index contributed by atoms with van der Waals surface area (Å²) in [5.74, 6) is 0.503. The quantitative estimate of drug-likeness (QED) is 0.738. The van der Waals surface area contributed by atoms with Crippen LogP contribution in [0.5, 0.6) is 11.5 Å². The van der Waals surface area contributed by atoms with Crippen LogP contribution in [-0.4, -0.2) is 29.1 Å². The van der Waals surface area contributed by atoms with Crippen molar-refractivity contribution < 1.29 is 14.3 Å². The SMILES string of the molecule is CCOc1ccc(C(=O)Nc2cc(=O)[nH]c(=O)[nH]2)cc1OCC. The highest BCUT2D eigenvalue weighted by Gasteiger charge is 2.12. The molecule has 1 heterocycles. The van der Waals surface area contributed by atoms with Crippen molar-refractivity contribution in [2.45, 2.75) is 13.8 Å². The molecule has 23 heavy (non-hydrogen) atoms. The van der Waals surface area contributed by atoms with Crippen molar-refractivity contribution in [3.05, 3.63) is 50.7 Å². The average molecular weight is 319 g/mol. The number of aromatic nitrogens is 2. The number of ether oxygens (including phenoxy) is 2. The second-order valence-corrected chi connectivity index (χ2v) is 4.48. The Hall–Kier alpha value is -3.03. The third kappa shape index (κ3) is 4.22. The van der Waals surface area contributed by atoms with Gasteiger partial charge < -0.3 is 14.8 Å². The van der Waals surface area contributed by atoms with E-state index in [1.807, 2.05) is 18.8 Å². The zero-order valence-corrected chi connectivity index (χ0v) is 12.8. The molecule has 0 aliphatic carbocycles. The van der Waals surface area contributed by atoms with Crippen LogP contribution in [0.25, 0.3) is 0 Å². The summed E-state index contributed by atoms with van der Waals surface area (Å²) in [6.45, 7) is 4.56.